The molecule has 3 aromatic rings. The summed E-state index contributed by atoms with van der Waals surface area (Å²) >= 11 is 1.26. The number of anilines is 1. The number of hydrogen-bond acceptors (Lipinski definition) is 4. The second-order valence-electron chi connectivity index (χ2n) is 5.57. The van der Waals surface area contributed by atoms with Crippen LogP contribution in [0.3, 0.4) is 0 Å². The first-order valence-corrected chi connectivity index (χ1v) is 8.71. The summed E-state index contributed by atoms with van der Waals surface area (Å²) in [4.78, 5) is 6.37. The highest BCUT2D eigenvalue weighted by molar-refractivity contribution is 7.21. The van der Waals surface area contributed by atoms with Gasteiger partial charge in [-0.05, 0) is 44.2 Å². The number of hydrogen-bond donors (Lipinski definition) is 1. The van der Waals surface area contributed by atoms with Gasteiger partial charge in [0.15, 0.2) is 0 Å². The third-order valence-electron chi connectivity index (χ3n) is 4.06. The van der Waals surface area contributed by atoms with Gasteiger partial charge in [0, 0.05) is 24.8 Å². The topological polar surface area (TPSA) is 36.4 Å². The number of phenols is 1. The van der Waals surface area contributed by atoms with E-state index in [9.17, 15) is 18.3 Å². The van der Waals surface area contributed by atoms with E-state index >= 15 is 0 Å². The first kappa shape index (κ1) is 17.5. The van der Waals surface area contributed by atoms with E-state index in [0.717, 1.165) is 30.9 Å². The summed E-state index contributed by atoms with van der Waals surface area (Å²) in [5, 5.41) is 10.9. The molecule has 0 radical (unpaired) electrons. The van der Waals surface area contributed by atoms with Gasteiger partial charge in [0.05, 0.1) is 21.3 Å². The largest absolute Gasteiger partial charge is 0.507 e. The molecule has 3 nitrogen and oxygen atoms in total. The van der Waals surface area contributed by atoms with Crippen molar-refractivity contribution >= 4 is 27.2 Å². The van der Waals surface area contributed by atoms with Crippen molar-refractivity contribution in [2.45, 2.75) is 20.0 Å². The summed E-state index contributed by atoms with van der Waals surface area (Å²) in [7, 11) is 0. The van der Waals surface area contributed by atoms with Gasteiger partial charge < -0.3 is 10.0 Å². The summed E-state index contributed by atoms with van der Waals surface area (Å²) in [6.07, 6.45) is -4.40. The molecule has 132 valence electrons. The van der Waals surface area contributed by atoms with Crippen LogP contribution in [-0.4, -0.2) is 23.2 Å². The van der Waals surface area contributed by atoms with Gasteiger partial charge in [-0.2, -0.15) is 13.2 Å². The lowest BCUT2D eigenvalue weighted by molar-refractivity contribution is -0.137. The van der Waals surface area contributed by atoms with E-state index < -0.39 is 11.7 Å². The standard InChI is InChI=1S/C18H17F3N2OS/c1-3-23(4-2)12-6-7-13(15(24)10-12)17-22-14-9-11(18(19,20)21)5-8-16(14)25-17/h5-10,24H,3-4H2,1-2H3. The number of nitrogens with zero attached hydrogens (tertiary/aromatic N) is 2. The Hall–Kier alpha value is -2.28. The van der Waals surface area contributed by atoms with E-state index in [1.807, 2.05) is 19.9 Å². The second-order valence-corrected chi connectivity index (χ2v) is 6.60. The molecule has 0 amide bonds. The van der Waals surface area contributed by atoms with Crippen molar-refractivity contribution in [1.29, 1.82) is 0 Å². The lowest BCUT2D eigenvalue weighted by Crippen LogP contribution is -2.21. The van der Waals surface area contributed by atoms with Crippen LogP contribution in [-0.2, 0) is 6.18 Å². The van der Waals surface area contributed by atoms with E-state index in [2.05, 4.69) is 9.88 Å². The number of phenolic OH excluding ortho intramolecular Hbond substituents is 1. The minimum atomic E-state index is -4.40. The quantitative estimate of drug-likeness (QED) is 0.659. The number of aromatic nitrogens is 1. The summed E-state index contributed by atoms with van der Waals surface area (Å²) in [6.45, 7) is 5.69. The molecule has 2 aromatic carbocycles. The van der Waals surface area contributed by atoms with Crippen LogP contribution in [0.15, 0.2) is 36.4 Å². The normalized spacial score (nSPS) is 11.9. The maximum atomic E-state index is 12.8. The molecule has 0 saturated carbocycles. The Morgan fingerprint density at radius 3 is 2.40 bits per heavy atom. The van der Waals surface area contributed by atoms with Crippen molar-refractivity contribution in [3.63, 3.8) is 0 Å². The van der Waals surface area contributed by atoms with Gasteiger partial charge in [0.2, 0.25) is 0 Å². The van der Waals surface area contributed by atoms with Crippen LogP contribution in [0, 0.1) is 0 Å². The zero-order valence-corrected chi connectivity index (χ0v) is 14.6. The smallest absolute Gasteiger partial charge is 0.416 e. The van der Waals surface area contributed by atoms with Crippen molar-refractivity contribution in [2.24, 2.45) is 0 Å². The average molecular weight is 366 g/mol. The molecule has 7 heteroatoms. The summed E-state index contributed by atoms with van der Waals surface area (Å²) < 4.78 is 39.1. The van der Waals surface area contributed by atoms with Crippen molar-refractivity contribution in [2.75, 3.05) is 18.0 Å². The van der Waals surface area contributed by atoms with Crippen molar-refractivity contribution in [3.8, 4) is 16.3 Å². The molecule has 0 saturated heterocycles. The maximum Gasteiger partial charge on any atom is 0.416 e. The fourth-order valence-electron chi connectivity index (χ4n) is 2.71. The first-order valence-electron chi connectivity index (χ1n) is 7.89. The zero-order valence-electron chi connectivity index (χ0n) is 13.8. The molecule has 3 rings (SSSR count). The Kier molecular flexibility index (Phi) is 4.60. The first-order chi connectivity index (χ1) is 11.8. The predicted octanol–water partition coefficient (Wildman–Crippen LogP) is 5.53. The Morgan fingerprint density at radius 2 is 1.80 bits per heavy atom. The van der Waals surface area contributed by atoms with Crippen LogP contribution in [0.4, 0.5) is 18.9 Å². The molecule has 1 N–H and O–H groups in total. The fraction of sp³-hybridized carbons (Fsp3) is 0.278. The van der Waals surface area contributed by atoms with Gasteiger partial charge in [0.1, 0.15) is 10.8 Å². The molecule has 0 aliphatic carbocycles. The monoisotopic (exact) mass is 366 g/mol. The Balaban J connectivity index is 2.01. The fourth-order valence-corrected chi connectivity index (χ4v) is 3.69. The van der Waals surface area contributed by atoms with Gasteiger partial charge in [-0.15, -0.1) is 11.3 Å². The lowest BCUT2D eigenvalue weighted by atomic mass is 10.1. The highest BCUT2D eigenvalue weighted by Crippen LogP contribution is 2.39. The summed E-state index contributed by atoms with van der Waals surface area (Å²) in [5.41, 5.74) is 0.970. The number of thiazole rings is 1. The molecule has 0 atom stereocenters. The van der Waals surface area contributed by atoms with E-state index in [1.54, 1.807) is 12.1 Å². The van der Waals surface area contributed by atoms with Gasteiger partial charge in [-0.3, -0.25) is 0 Å². The van der Waals surface area contributed by atoms with Crippen LogP contribution < -0.4 is 4.90 Å². The minimum absolute atomic E-state index is 0.0690. The molecule has 1 aromatic heterocycles. The molecule has 0 fully saturated rings. The van der Waals surface area contributed by atoms with Crippen LogP contribution in [0.2, 0.25) is 0 Å². The van der Waals surface area contributed by atoms with E-state index in [1.165, 1.54) is 17.4 Å². The van der Waals surface area contributed by atoms with Crippen molar-refractivity contribution in [3.05, 3.63) is 42.0 Å². The Bertz CT molecular complexity index is 901. The molecular weight excluding hydrogens is 349 g/mol. The molecule has 0 aliphatic heterocycles. The van der Waals surface area contributed by atoms with Crippen molar-refractivity contribution in [1.82, 2.24) is 4.98 Å². The molecule has 0 unspecified atom stereocenters. The lowest BCUT2D eigenvalue weighted by Gasteiger charge is -2.21. The molecule has 1 heterocycles. The van der Waals surface area contributed by atoms with E-state index in [4.69, 9.17) is 0 Å². The predicted molar refractivity (Wildman–Crippen MR) is 95.3 cm³/mol. The Labute approximate surface area is 147 Å². The maximum absolute atomic E-state index is 12.8. The van der Waals surface area contributed by atoms with Gasteiger partial charge >= 0.3 is 6.18 Å². The van der Waals surface area contributed by atoms with E-state index in [0.29, 0.717) is 15.3 Å². The second kappa shape index (κ2) is 6.55. The third-order valence-corrected chi connectivity index (χ3v) is 5.12. The number of alkyl halides is 3. The highest BCUT2D eigenvalue weighted by atomic mass is 32.1. The number of halogens is 3. The molecular formula is C18H17F3N2OS. The molecule has 0 spiro atoms. The molecule has 0 aliphatic rings. The molecule has 25 heavy (non-hydrogen) atoms. The van der Waals surface area contributed by atoms with Gasteiger partial charge in [0.25, 0.3) is 0 Å². The van der Waals surface area contributed by atoms with Gasteiger partial charge in [-0.25, -0.2) is 4.98 Å². The molecule has 0 bridgehead atoms. The van der Waals surface area contributed by atoms with E-state index in [-0.39, 0.29) is 11.3 Å². The van der Waals surface area contributed by atoms with Crippen LogP contribution in [0.5, 0.6) is 5.75 Å². The summed E-state index contributed by atoms with van der Waals surface area (Å²) in [6, 6.07) is 8.81. The minimum Gasteiger partial charge on any atom is -0.507 e. The van der Waals surface area contributed by atoms with Crippen molar-refractivity contribution < 1.29 is 18.3 Å². The van der Waals surface area contributed by atoms with Crippen LogP contribution in [0.1, 0.15) is 19.4 Å². The third kappa shape index (κ3) is 3.42. The SMILES string of the molecule is CCN(CC)c1ccc(-c2nc3cc(C(F)(F)F)ccc3s2)c(O)c1. The number of benzene rings is 2. The summed E-state index contributed by atoms with van der Waals surface area (Å²) in [5.74, 6) is 0.0690. The average Bonchev–Trinajstić information content (AvgIpc) is 2.98. The van der Waals surface area contributed by atoms with Gasteiger partial charge in [-0.1, -0.05) is 0 Å². The number of rotatable bonds is 4. The van der Waals surface area contributed by atoms with Crippen LogP contribution in [0.25, 0.3) is 20.8 Å². The number of aromatic hydroxyl groups is 1. The highest BCUT2D eigenvalue weighted by Gasteiger charge is 2.30. The number of fused-ring (bicyclic) bond motifs is 1. The Morgan fingerprint density at radius 1 is 1.08 bits per heavy atom. The zero-order chi connectivity index (χ0) is 18.2. The van der Waals surface area contributed by atoms with Crippen LogP contribution >= 0.6 is 11.3 Å².